The summed E-state index contributed by atoms with van der Waals surface area (Å²) in [5.74, 6) is -0.662. The molecule has 0 unspecified atom stereocenters. The van der Waals surface area contributed by atoms with Gasteiger partial charge < -0.3 is 14.4 Å². The molecule has 0 radical (unpaired) electrons. The Kier molecular flexibility index (Phi) is 6.61. The highest BCUT2D eigenvalue weighted by Gasteiger charge is 2.33. The summed E-state index contributed by atoms with van der Waals surface area (Å²) in [7, 11) is 0. The van der Waals surface area contributed by atoms with Crippen LogP contribution in [0.3, 0.4) is 0 Å². The Balaban J connectivity index is 1.26. The van der Waals surface area contributed by atoms with Crippen molar-refractivity contribution in [2.24, 2.45) is 0 Å². The van der Waals surface area contributed by atoms with E-state index in [1.807, 2.05) is 60.3 Å². The fourth-order valence-electron chi connectivity index (χ4n) is 4.07. The Morgan fingerprint density at radius 1 is 1.05 bits per heavy atom. The van der Waals surface area contributed by atoms with Gasteiger partial charge in [-0.05, 0) is 36.2 Å². The highest BCUT2D eigenvalue weighted by Crippen LogP contribution is 2.27. The normalized spacial score (nSPS) is 13.3. The molecule has 4 aromatic rings. The summed E-state index contributed by atoms with van der Waals surface area (Å²) in [5, 5.41) is 9.92. The highest BCUT2D eigenvalue weighted by atomic mass is 16.7. The molecule has 0 aliphatic carbocycles. The molecule has 0 bridgehead atoms. The van der Waals surface area contributed by atoms with E-state index in [1.54, 1.807) is 24.4 Å². The average molecular weight is 499 g/mol. The van der Waals surface area contributed by atoms with E-state index in [0.29, 0.717) is 23.3 Å². The molecule has 2 aromatic heterocycles. The molecule has 2 amide bonds. The Hall–Kier alpha value is -4.63. The maximum atomic E-state index is 12.4. The molecule has 37 heavy (non-hydrogen) atoms. The van der Waals surface area contributed by atoms with Gasteiger partial charge in [-0.15, -0.1) is 5.06 Å². The predicted molar refractivity (Wildman–Crippen MR) is 130 cm³/mol. The molecule has 1 aliphatic rings. The van der Waals surface area contributed by atoms with Crippen LogP contribution in [-0.2, 0) is 27.6 Å². The van der Waals surface area contributed by atoms with Crippen LogP contribution in [-0.4, -0.2) is 32.9 Å². The number of aliphatic hydroxyl groups excluding tert-OH is 1. The summed E-state index contributed by atoms with van der Waals surface area (Å²) in [4.78, 5) is 45.3. The van der Waals surface area contributed by atoms with Crippen molar-refractivity contribution in [1.82, 2.24) is 10.0 Å². The monoisotopic (exact) mass is 498 g/mol. The molecule has 1 fully saturated rings. The van der Waals surface area contributed by atoms with E-state index in [1.165, 1.54) is 0 Å². The smallest absolute Gasteiger partial charge is 0.363 e. The van der Waals surface area contributed by atoms with Crippen LogP contribution in [0.1, 0.15) is 39.9 Å². The Labute approximate surface area is 212 Å². The minimum absolute atomic E-state index is 0.00716. The number of hydroxylamine groups is 2. The molecule has 1 saturated heterocycles. The van der Waals surface area contributed by atoms with E-state index in [2.05, 4.69) is 4.98 Å². The standard InChI is InChI=1S/C28H24N3O6/c1-18-13-21(5-6-23(18)17-32)24-15-29-27(36-24)20-9-11-30(12-10-20)16-19-3-2-4-22(14-19)28(35)37-31-25(33)7-8-26(31)34/h2-6,9-15,32H,7-8,16-17H2,1H3/q+1. The lowest BCUT2D eigenvalue weighted by Gasteiger charge is -2.12. The van der Waals surface area contributed by atoms with Gasteiger partial charge in [0.25, 0.3) is 11.8 Å². The lowest BCUT2D eigenvalue weighted by atomic mass is 10.0. The molecule has 3 heterocycles. The molecule has 1 aliphatic heterocycles. The number of imide groups is 1. The number of hydrogen-bond donors (Lipinski definition) is 1. The summed E-state index contributed by atoms with van der Waals surface area (Å²) >= 11 is 0. The number of carbonyl (C=O) groups excluding carboxylic acids is 3. The number of pyridine rings is 1. The Morgan fingerprint density at radius 2 is 1.81 bits per heavy atom. The van der Waals surface area contributed by atoms with Crippen LogP contribution in [0.25, 0.3) is 22.8 Å². The van der Waals surface area contributed by atoms with E-state index in [9.17, 15) is 19.5 Å². The maximum Gasteiger partial charge on any atom is 0.363 e. The second kappa shape index (κ2) is 10.2. The summed E-state index contributed by atoms with van der Waals surface area (Å²) in [5.41, 5.74) is 4.63. The number of nitrogens with zero attached hydrogens (tertiary/aromatic N) is 3. The van der Waals surface area contributed by atoms with Crippen molar-refractivity contribution in [3.63, 3.8) is 0 Å². The second-order valence-corrected chi connectivity index (χ2v) is 8.75. The van der Waals surface area contributed by atoms with E-state index in [4.69, 9.17) is 9.25 Å². The van der Waals surface area contributed by atoms with Crippen molar-refractivity contribution < 1.29 is 33.3 Å². The molecule has 5 rings (SSSR count). The quantitative estimate of drug-likeness (QED) is 0.307. The van der Waals surface area contributed by atoms with Gasteiger partial charge in [-0.3, -0.25) is 9.59 Å². The Morgan fingerprint density at radius 3 is 2.51 bits per heavy atom. The SMILES string of the molecule is Cc1cc(-c2cnc(-c3cc[n+](Cc4cccc(C(=O)ON5C(=O)CCC5=O)c4)cc3)o2)ccc1CO. The first-order valence-electron chi connectivity index (χ1n) is 11.7. The van der Waals surface area contributed by atoms with Crippen LogP contribution in [0.2, 0.25) is 0 Å². The average Bonchev–Trinajstić information content (AvgIpc) is 3.52. The first-order valence-corrected chi connectivity index (χ1v) is 11.7. The lowest BCUT2D eigenvalue weighted by Crippen LogP contribution is -2.33. The first-order chi connectivity index (χ1) is 17.9. The number of rotatable bonds is 7. The zero-order valence-corrected chi connectivity index (χ0v) is 20.1. The molecule has 186 valence electrons. The van der Waals surface area contributed by atoms with E-state index >= 15 is 0 Å². The van der Waals surface area contributed by atoms with Gasteiger partial charge in [0, 0.05) is 41.7 Å². The van der Waals surface area contributed by atoms with Crippen molar-refractivity contribution in [2.45, 2.75) is 32.9 Å². The lowest BCUT2D eigenvalue weighted by molar-refractivity contribution is -0.688. The van der Waals surface area contributed by atoms with Crippen LogP contribution in [0.4, 0.5) is 0 Å². The molecule has 0 spiro atoms. The van der Waals surface area contributed by atoms with Gasteiger partial charge >= 0.3 is 5.97 Å². The van der Waals surface area contributed by atoms with Crippen molar-refractivity contribution in [1.29, 1.82) is 0 Å². The third-order valence-corrected chi connectivity index (χ3v) is 6.15. The minimum atomic E-state index is -0.758. The van der Waals surface area contributed by atoms with Crippen LogP contribution < -0.4 is 4.57 Å². The first kappa shape index (κ1) is 24.1. The van der Waals surface area contributed by atoms with Crippen molar-refractivity contribution in [3.8, 4) is 22.8 Å². The van der Waals surface area contributed by atoms with Crippen LogP contribution in [0.5, 0.6) is 0 Å². The number of benzene rings is 2. The number of carbonyl (C=O) groups is 3. The minimum Gasteiger partial charge on any atom is -0.436 e. The Bertz CT molecular complexity index is 1480. The third-order valence-electron chi connectivity index (χ3n) is 6.15. The largest absolute Gasteiger partial charge is 0.436 e. The van der Waals surface area contributed by atoms with Gasteiger partial charge in [0.2, 0.25) is 5.89 Å². The highest BCUT2D eigenvalue weighted by molar-refractivity contribution is 6.02. The van der Waals surface area contributed by atoms with Crippen LogP contribution in [0, 0.1) is 6.92 Å². The summed E-state index contributed by atoms with van der Waals surface area (Å²) in [6.07, 6.45) is 5.53. The van der Waals surface area contributed by atoms with Crippen LogP contribution in [0.15, 0.2) is 77.6 Å². The fraction of sp³-hybridized carbons (Fsp3) is 0.179. The second-order valence-electron chi connectivity index (χ2n) is 8.75. The maximum absolute atomic E-state index is 12.4. The van der Waals surface area contributed by atoms with Gasteiger partial charge in [0.05, 0.1) is 18.4 Å². The molecule has 0 atom stereocenters. The van der Waals surface area contributed by atoms with E-state index < -0.39 is 17.8 Å². The summed E-state index contributed by atoms with van der Waals surface area (Å²) in [6.45, 7) is 2.42. The number of amides is 2. The molecule has 2 aromatic carbocycles. The molecule has 0 saturated carbocycles. The molecular formula is C28H24N3O6+. The fourth-order valence-corrected chi connectivity index (χ4v) is 4.07. The van der Waals surface area contributed by atoms with Gasteiger partial charge in [0.1, 0.15) is 0 Å². The number of oxazole rings is 1. The van der Waals surface area contributed by atoms with Crippen molar-refractivity contribution in [2.75, 3.05) is 0 Å². The summed E-state index contributed by atoms with van der Waals surface area (Å²) in [6, 6.07) is 16.3. The molecule has 9 nitrogen and oxygen atoms in total. The van der Waals surface area contributed by atoms with Gasteiger partial charge in [-0.25, -0.2) is 14.3 Å². The molecule has 1 N–H and O–H groups in total. The topological polar surface area (TPSA) is 114 Å². The summed E-state index contributed by atoms with van der Waals surface area (Å²) < 4.78 is 7.90. The zero-order chi connectivity index (χ0) is 25.9. The number of hydrogen-bond acceptors (Lipinski definition) is 7. The predicted octanol–water partition coefficient (Wildman–Crippen LogP) is 3.37. The van der Waals surface area contributed by atoms with Crippen molar-refractivity contribution >= 4 is 17.8 Å². The van der Waals surface area contributed by atoms with Gasteiger partial charge in [0.15, 0.2) is 24.7 Å². The van der Waals surface area contributed by atoms with Crippen LogP contribution >= 0.6 is 0 Å². The number of aliphatic hydroxyl groups is 1. The zero-order valence-electron chi connectivity index (χ0n) is 20.1. The molecule has 9 heteroatoms. The third kappa shape index (κ3) is 5.17. The van der Waals surface area contributed by atoms with E-state index in [-0.39, 0.29) is 25.0 Å². The van der Waals surface area contributed by atoms with Gasteiger partial charge in [-0.1, -0.05) is 24.3 Å². The van der Waals surface area contributed by atoms with Gasteiger partial charge in [-0.2, -0.15) is 0 Å². The number of aryl methyl sites for hydroxylation is 1. The molecular weight excluding hydrogens is 474 g/mol. The van der Waals surface area contributed by atoms with E-state index in [0.717, 1.165) is 27.8 Å². The van der Waals surface area contributed by atoms with Crippen molar-refractivity contribution in [3.05, 3.63) is 95.4 Å². The number of aromatic nitrogens is 2.